The van der Waals surface area contributed by atoms with E-state index in [2.05, 4.69) is 22.5 Å². The zero-order chi connectivity index (χ0) is 22.3. The number of aryl methyl sites for hydroxylation is 2. The second-order valence-corrected chi connectivity index (χ2v) is 8.28. The number of rotatable bonds is 9. The number of hydrogen-bond donors (Lipinski definition) is 1. The van der Waals surface area contributed by atoms with Gasteiger partial charge in [-0.3, -0.25) is 4.79 Å². The minimum Gasteiger partial charge on any atom is -0.494 e. The topological polar surface area (TPSA) is 69.0 Å². The quantitative estimate of drug-likeness (QED) is 0.360. The molecule has 0 saturated heterocycles. The molecule has 2 heterocycles. The van der Waals surface area contributed by atoms with Crippen molar-refractivity contribution in [2.45, 2.75) is 33.1 Å². The van der Waals surface area contributed by atoms with Crippen LogP contribution < -0.4 is 10.1 Å². The predicted octanol–water partition coefficient (Wildman–Crippen LogP) is 5.66. The van der Waals surface area contributed by atoms with Crippen molar-refractivity contribution in [1.29, 1.82) is 0 Å². The van der Waals surface area contributed by atoms with Crippen LogP contribution in [0.5, 0.6) is 5.75 Å². The van der Waals surface area contributed by atoms with Crippen LogP contribution in [0.4, 0.5) is 5.82 Å². The monoisotopic (exact) mass is 446 g/mol. The Labute approximate surface area is 191 Å². The lowest BCUT2D eigenvalue weighted by atomic mass is 10.1. The van der Waals surface area contributed by atoms with Crippen LogP contribution in [0.3, 0.4) is 0 Å². The summed E-state index contributed by atoms with van der Waals surface area (Å²) in [7, 11) is 0. The minimum atomic E-state index is -0.0228. The van der Waals surface area contributed by atoms with E-state index in [1.807, 2.05) is 67.8 Å². The molecule has 2 aromatic heterocycles. The first-order chi connectivity index (χ1) is 15.6. The van der Waals surface area contributed by atoms with E-state index in [1.54, 1.807) is 4.68 Å². The number of hydrogen-bond acceptors (Lipinski definition) is 5. The molecule has 6 nitrogen and oxygen atoms in total. The molecule has 0 aliphatic carbocycles. The number of benzene rings is 2. The van der Waals surface area contributed by atoms with Crippen LogP contribution in [0, 0.1) is 6.92 Å². The van der Waals surface area contributed by atoms with Gasteiger partial charge >= 0.3 is 0 Å². The zero-order valence-electron chi connectivity index (χ0n) is 18.2. The van der Waals surface area contributed by atoms with Gasteiger partial charge in [-0.2, -0.15) is 9.78 Å². The first-order valence-electron chi connectivity index (χ1n) is 10.7. The van der Waals surface area contributed by atoms with Crippen molar-refractivity contribution in [2.24, 2.45) is 0 Å². The van der Waals surface area contributed by atoms with Crippen molar-refractivity contribution >= 4 is 23.1 Å². The molecule has 0 saturated carbocycles. The third-order valence-electron chi connectivity index (χ3n) is 4.95. The Morgan fingerprint density at radius 1 is 1.12 bits per heavy atom. The molecule has 0 radical (unpaired) electrons. The molecule has 0 bridgehead atoms. The van der Waals surface area contributed by atoms with Gasteiger partial charge in [-0.25, -0.2) is 4.98 Å². The highest BCUT2D eigenvalue weighted by Crippen LogP contribution is 2.27. The maximum atomic E-state index is 12.5. The fourth-order valence-electron chi connectivity index (χ4n) is 3.42. The van der Waals surface area contributed by atoms with Gasteiger partial charge in [-0.1, -0.05) is 30.3 Å². The molecule has 0 spiro atoms. The Balaban J connectivity index is 1.42. The van der Waals surface area contributed by atoms with E-state index in [-0.39, 0.29) is 5.91 Å². The maximum absolute atomic E-state index is 12.5. The Bertz CT molecular complexity index is 1170. The van der Waals surface area contributed by atoms with Crippen molar-refractivity contribution in [2.75, 3.05) is 11.9 Å². The first kappa shape index (κ1) is 21.8. The fourth-order valence-corrected chi connectivity index (χ4v) is 4.22. The number of amides is 1. The van der Waals surface area contributed by atoms with Gasteiger partial charge < -0.3 is 10.1 Å². The molecule has 1 N–H and O–H groups in total. The largest absolute Gasteiger partial charge is 0.494 e. The van der Waals surface area contributed by atoms with Crippen LogP contribution >= 0.6 is 11.3 Å². The number of carbonyl (C=O) groups excluding carboxylic acids is 1. The fraction of sp³-hybridized carbons (Fsp3) is 0.240. The summed E-state index contributed by atoms with van der Waals surface area (Å²) in [5.41, 5.74) is 3.93. The average Bonchev–Trinajstić information content (AvgIpc) is 3.42. The van der Waals surface area contributed by atoms with Crippen LogP contribution in [0.15, 0.2) is 66.0 Å². The highest BCUT2D eigenvalue weighted by molar-refractivity contribution is 7.12. The van der Waals surface area contributed by atoms with Gasteiger partial charge in [0.1, 0.15) is 11.6 Å². The summed E-state index contributed by atoms with van der Waals surface area (Å²) < 4.78 is 7.21. The summed E-state index contributed by atoms with van der Waals surface area (Å²) in [5, 5.41) is 10.2. The molecule has 0 aliphatic heterocycles. The molecule has 32 heavy (non-hydrogen) atoms. The van der Waals surface area contributed by atoms with Crippen LogP contribution in [0.2, 0.25) is 0 Å². The Hall–Kier alpha value is -3.45. The van der Waals surface area contributed by atoms with Gasteiger partial charge in [-0.15, -0.1) is 11.3 Å². The Morgan fingerprint density at radius 3 is 2.66 bits per heavy atom. The summed E-state index contributed by atoms with van der Waals surface area (Å²) in [6, 6.07) is 19.9. The third kappa shape index (κ3) is 5.42. The second kappa shape index (κ2) is 10.2. The van der Waals surface area contributed by atoms with Crippen molar-refractivity contribution in [3.8, 4) is 22.1 Å². The van der Waals surface area contributed by atoms with Crippen LogP contribution in [0.1, 0.15) is 31.0 Å². The van der Waals surface area contributed by atoms with E-state index < -0.39 is 0 Å². The van der Waals surface area contributed by atoms with Crippen LogP contribution in [-0.2, 0) is 11.2 Å². The SMILES string of the molecule is CCOc1ccc(-c2csc(-n3nc(C)cc3NC(=O)CCCc3ccccc3)n2)cc1. The van der Waals surface area contributed by atoms with Gasteiger partial charge in [0.25, 0.3) is 0 Å². The highest BCUT2D eigenvalue weighted by atomic mass is 32.1. The lowest BCUT2D eigenvalue weighted by molar-refractivity contribution is -0.116. The van der Waals surface area contributed by atoms with E-state index >= 15 is 0 Å². The molecule has 0 unspecified atom stereocenters. The summed E-state index contributed by atoms with van der Waals surface area (Å²) in [4.78, 5) is 17.3. The second-order valence-electron chi connectivity index (χ2n) is 7.44. The molecule has 7 heteroatoms. The molecule has 0 atom stereocenters. The minimum absolute atomic E-state index is 0.0228. The number of anilines is 1. The summed E-state index contributed by atoms with van der Waals surface area (Å²) in [5.74, 6) is 1.46. The highest BCUT2D eigenvalue weighted by Gasteiger charge is 2.14. The summed E-state index contributed by atoms with van der Waals surface area (Å²) in [6.07, 6.45) is 2.13. The average molecular weight is 447 g/mol. The maximum Gasteiger partial charge on any atom is 0.225 e. The van der Waals surface area contributed by atoms with Crippen LogP contribution in [-0.4, -0.2) is 27.3 Å². The number of nitrogens with one attached hydrogen (secondary N) is 1. The molecular weight excluding hydrogens is 420 g/mol. The Kier molecular flexibility index (Phi) is 6.97. The first-order valence-corrected chi connectivity index (χ1v) is 11.6. The summed E-state index contributed by atoms with van der Waals surface area (Å²) in [6.45, 7) is 4.51. The number of thiazole rings is 1. The predicted molar refractivity (Wildman–Crippen MR) is 129 cm³/mol. The summed E-state index contributed by atoms with van der Waals surface area (Å²) >= 11 is 1.49. The van der Waals surface area contributed by atoms with Gasteiger partial charge in [0.05, 0.1) is 18.0 Å². The normalized spacial score (nSPS) is 10.8. The van der Waals surface area contributed by atoms with Gasteiger partial charge in [0, 0.05) is 23.4 Å². The zero-order valence-corrected chi connectivity index (χ0v) is 19.1. The molecule has 1 amide bonds. The van der Waals surface area contributed by atoms with Gasteiger partial charge in [0.2, 0.25) is 11.0 Å². The van der Waals surface area contributed by atoms with Crippen molar-refractivity contribution in [1.82, 2.24) is 14.8 Å². The molecular formula is C25H26N4O2S. The molecule has 0 aliphatic rings. The van der Waals surface area contributed by atoms with E-state index in [4.69, 9.17) is 9.72 Å². The molecule has 4 aromatic rings. The number of aromatic nitrogens is 3. The van der Waals surface area contributed by atoms with Gasteiger partial charge in [0.15, 0.2) is 0 Å². The lowest BCUT2D eigenvalue weighted by Gasteiger charge is -2.07. The standard InChI is InChI=1S/C25H26N4O2S/c1-3-31-21-14-12-20(13-15-21)22-17-32-25(26-22)29-23(16-18(2)28-29)27-24(30)11-7-10-19-8-5-4-6-9-19/h4-6,8-9,12-17H,3,7,10-11H2,1-2H3,(H,27,30). The van der Waals surface area contributed by atoms with Crippen molar-refractivity contribution in [3.63, 3.8) is 0 Å². The van der Waals surface area contributed by atoms with E-state index in [1.165, 1.54) is 16.9 Å². The third-order valence-corrected chi connectivity index (χ3v) is 5.76. The number of nitrogens with zero attached hydrogens (tertiary/aromatic N) is 3. The molecule has 0 fully saturated rings. The van der Waals surface area contributed by atoms with E-state index in [0.717, 1.165) is 35.5 Å². The molecule has 164 valence electrons. The smallest absolute Gasteiger partial charge is 0.225 e. The van der Waals surface area contributed by atoms with Gasteiger partial charge in [-0.05, 0) is 56.5 Å². The van der Waals surface area contributed by atoms with E-state index in [9.17, 15) is 4.79 Å². The number of ether oxygens (including phenoxy) is 1. The van der Waals surface area contributed by atoms with Crippen molar-refractivity contribution < 1.29 is 9.53 Å². The lowest BCUT2D eigenvalue weighted by Crippen LogP contribution is -2.14. The van der Waals surface area contributed by atoms with E-state index in [0.29, 0.717) is 24.0 Å². The number of carbonyl (C=O) groups is 1. The van der Waals surface area contributed by atoms with Crippen LogP contribution in [0.25, 0.3) is 16.4 Å². The Morgan fingerprint density at radius 2 is 1.91 bits per heavy atom. The molecule has 4 rings (SSSR count). The van der Waals surface area contributed by atoms with Crippen molar-refractivity contribution in [3.05, 3.63) is 77.3 Å². The molecule has 2 aromatic carbocycles.